The zero-order valence-corrected chi connectivity index (χ0v) is 20.3. The van der Waals surface area contributed by atoms with Crippen LogP contribution in [0.1, 0.15) is 35.4 Å². The van der Waals surface area contributed by atoms with Crippen LogP contribution in [0.3, 0.4) is 0 Å². The molecule has 0 aliphatic carbocycles. The molecule has 0 saturated carbocycles. The zero-order valence-electron chi connectivity index (χ0n) is 20.3. The summed E-state index contributed by atoms with van der Waals surface area (Å²) in [6.45, 7) is 1.84. The molecule has 4 aromatic rings. The molecule has 1 saturated heterocycles. The zero-order chi connectivity index (χ0) is 26.2. The summed E-state index contributed by atoms with van der Waals surface area (Å²) in [5, 5.41) is 0. The highest BCUT2D eigenvalue weighted by atomic mass is 19.4. The molecule has 2 aromatic carbocycles. The van der Waals surface area contributed by atoms with Crippen molar-refractivity contribution in [3.05, 3.63) is 87.5 Å². The predicted molar refractivity (Wildman–Crippen MR) is 138 cm³/mol. The number of halogens is 3. The van der Waals surface area contributed by atoms with Gasteiger partial charge in [0.1, 0.15) is 5.82 Å². The maximum atomic E-state index is 13.6. The van der Waals surface area contributed by atoms with Crippen molar-refractivity contribution in [3.63, 3.8) is 0 Å². The molecule has 1 aliphatic rings. The Hall–Kier alpha value is -3.92. The van der Waals surface area contributed by atoms with Crippen LogP contribution in [0.2, 0.25) is 0 Å². The third-order valence-corrected chi connectivity index (χ3v) is 6.56. The summed E-state index contributed by atoms with van der Waals surface area (Å²) in [6.07, 6.45) is 0.455. The van der Waals surface area contributed by atoms with E-state index in [4.69, 9.17) is 10.7 Å². The van der Waals surface area contributed by atoms with Crippen molar-refractivity contribution >= 4 is 29.3 Å². The van der Waals surface area contributed by atoms with Crippen molar-refractivity contribution in [2.75, 3.05) is 18.0 Å². The van der Waals surface area contributed by atoms with Crippen LogP contribution >= 0.6 is 0 Å². The Bertz CT molecular complexity index is 1510. The first kappa shape index (κ1) is 24.8. The lowest BCUT2D eigenvalue weighted by Gasteiger charge is -2.31. The number of anilines is 1. The number of nitrogens with two attached hydrogens (primary N) is 1. The van der Waals surface area contributed by atoms with E-state index in [1.807, 2.05) is 34.9 Å². The molecule has 1 unspecified atom stereocenters. The Morgan fingerprint density at radius 1 is 1.08 bits per heavy atom. The molecule has 1 aliphatic heterocycles. The highest BCUT2D eigenvalue weighted by Crippen LogP contribution is 2.30. The molecule has 0 radical (unpaired) electrons. The third-order valence-electron chi connectivity index (χ3n) is 6.56. The molecular weight excluding hydrogens is 481 g/mol. The van der Waals surface area contributed by atoms with Crippen LogP contribution in [-0.4, -0.2) is 38.2 Å². The molecule has 7 nitrogen and oxygen atoms in total. The molecule has 37 heavy (non-hydrogen) atoms. The van der Waals surface area contributed by atoms with Gasteiger partial charge in [0.15, 0.2) is 11.2 Å². The minimum Gasteiger partial charge on any atom is -0.341 e. The lowest BCUT2D eigenvalue weighted by molar-refractivity contribution is -0.137. The number of rotatable bonds is 5. The van der Waals surface area contributed by atoms with Crippen molar-refractivity contribution in [2.45, 2.75) is 31.6 Å². The van der Waals surface area contributed by atoms with Crippen LogP contribution in [0, 0.1) is 0 Å². The Balaban J connectivity index is 1.59. The fourth-order valence-electron chi connectivity index (χ4n) is 4.65. The summed E-state index contributed by atoms with van der Waals surface area (Å²) in [4.78, 5) is 25.0. The molecule has 0 bridgehead atoms. The Labute approximate surface area is 211 Å². The first-order chi connectivity index (χ1) is 17.7. The number of benzene rings is 2. The SMILES string of the molecule is Cn1c(C=Cc2cccc(C(F)(F)F)c2)nc2nc(N3CCCC(N)C3)n(Cc3ccccc3)c2c1=O. The minimum atomic E-state index is -4.44. The highest BCUT2D eigenvalue weighted by molar-refractivity contribution is 5.77. The van der Waals surface area contributed by atoms with E-state index in [1.54, 1.807) is 13.1 Å². The number of aromatic nitrogens is 4. The number of imidazole rings is 1. The van der Waals surface area contributed by atoms with Crippen molar-refractivity contribution in [3.8, 4) is 0 Å². The van der Waals surface area contributed by atoms with Gasteiger partial charge in [-0.25, -0.2) is 4.98 Å². The second-order valence-electron chi connectivity index (χ2n) is 9.29. The van der Waals surface area contributed by atoms with Crippen molar-refractivity contribution in [1.29, 1.82) is 0 Å². The van der Waals surface area contributed by atoms with Gasteiger partial charge in [-0.3, -0.25) is 13.9 Å². The van der Waals surface area contributed by atoms with Gasteiger partial charge in [0, 0.05) is 26.2 Å². The maximum Gasteiger partial charge on any atom is 0.416 e. The maximum absolute atomic E-state index is 13.6. The smallest absolute Gasteiger partial charge is 0.341 e. The van der Waals surface area contributed by atoms with Gasteiger partial charge in [0.2, 0.25) is 5.95 Å². The fourth-order valence-corrected chi connectivity index (χ4v) is 4.65. The summed E-state index contributed by atoms with van der Waals surface area (Å²) < 4.78 is 42.6. The van der Waals surface area contributed by atoms with Crippen LogP contribution in [0.15, 0.2) is 59.4 Å². The van der Waals surface area contributed by atoms with Gasteiger partial charge in [-0.15, -0.1) is 0 Å². The topological polar surface area (TPSA) is 82.0 Å². The van der Waals surface area contributed by atoms with E-state index >= 15 is 0 Å². The molecule has 3 heterocycles. The van der Waals surface area contributed by atoms with Gasteiger partial charge in [-0.1, -0.05) is 48.5 Å². The van der Waals surface area contributed by atoms with Gasteiger partial charge in [-0.2, -0.15) is 18.2 Å². The van der Waals surface area contributed by atoms with E-state index in [1.165, 1.54) is 22.8 Å². The average Bonchev–Trinajstić information content (AvgIpc) is 3.23. The number of fused-ring (bicyclic) bond motifs is 1. The molecule has 2 aromatic heterocycles. The summed E-state index contributed by atoms with van der Waals surface area (Å²) in [5.41, 5.74) is 7.23. The first-order valence-corrected chi connectivity index (χ1v) is 12.1. The minimum absolute atomic E-state index is 0.0143. The molecule has 0 amide bonds. The summed E-state index contributed by atoms with van der Waals surface area (Å²) in [7, 11) is 1.59. The van der Waals surface area contributed by atoms with Crippen molar-refractivity contribution < 1.29 is 13.2 Å². The lowest BCUT2D eigenvalue weighted by Crippen LogP contribution is -2.44. The molecule has 2 N–H and O–H groups in total. The molecule has 192 valence electrons. The van der Waals surface area contributed by atoms with Crippen molar-refractivity contribution in [2.24, 2.45) is 12.8 Å². The Morgan fingerprint density at radius 2 is 1.86 bits per heavy atom. The lowest BCUT2D eigenvalue weighted by atomic mass is 10.1. The van der Waals surface area contributed by atoms with E-state index in [0.717, 1.165) is 37.1 Å². The molecule has 10 heteroatoms. The number of hydrogen-bond acceptors (Lipinski definition) is 5. The molecule has 5 rings (SSSR count). The number of nitrogens with zero attached hydrogens (tertiary/aromatic N) is 5. The van der Waals surface area contributed by atoms with Crippen LogP contribution in [0.5, 0.6) is 0 Å². The van der Waals surface area contributed by atoms with Gasteiger partial charge >= 0.3 is 6.18 Å². The highest BCUT2D eigenvalue weighted by Gasteiger charge is 2.30. The first-order valence-electron chi connectivity index (χ1n) is 12.1. The predicted octanol–water partition coefficient (Wildman–Crippen LogP) is 4.30. The summed E-state index contributed by atoms with van der Waals surface area (Å²) in [5.74, 6) is 0.929. The van der Waals surface area contributed by atoms with Crippen LogP contribution in [0.4, 0.5) is 19.1 Å². The second-order valence-corrected chi connectivity index (χ2v) is 9.29. The van der Waals surface area contributed by atoms with Crippen LogP contribution in [0.25, 0.3) is 23.3 Å². The summed E-state index contributed by atoms with van der Waals surface area (Å²) in [6, 6.07) is 14.8. The largest absolute Gasteiger partial charge is 0.416 e. The van der Waals surface area contributed by atoms with Gasteiger partial charge in [0.05, 0.1) is 12.1 Å². The number of piperidine rings is 1. The van der Waals surface area contributed by atoms with Gasteiger partial charge in [0.25, 0.3) is 5.56 Å². The fraction of sp³-hybridized carbons (Fsp3) is 0.296. The molecular formula is C27H27F3N6O. The molecule has 0 spiro atoms. The monoisotopic (exact) mass is 508 g/mol. The number of hydrogen-bond donors (Lipinski definition) is 1. The second kappa shape index (κ2) is 9.85. The third kappa shape index (κ3) is 5.15. The van der Waals surface area contributed by atoms with Gasteiger partial charge in [-0.05, 0) is 42.2 Å². The number of alkyl halides is 3. The van der Waals surface area contributed by atoms with E-state index in [-0.39, 0.29) is 17.2 Å². The van der Waals surface area contributed by atoms with E-state index in [2.05, 4.69) is 9.88 Å². The molecule has 1 fully saturated rings. The Kier molecular flexibility index (Phi) is 6.59. The van der Waals surface area contributed by atoms with E-state index < -0.39 is 11.7 Å². The average molecular weight is 509 g/mol. The van der Waals surface area contributed by atoms with E-state index in [9.17, 15) is 18.0 Å². The quantitative estimate of drug-likeness (QED) is 0.435. The van der Waals surface area contributed by atoms with Crippen molar-refractivity contribution in [1.82, 2.24) is 19.1 Å². The summed E-state index contributed by atoms with van der Waals surface area (Å²) >= 11 is 0. The molecule has 1 atom stereocenters. The normalized spacial score (nSPS) is 16.7. The standard InChI is InChI=1S/C27H27F3N6O/c1-34-22(13-12-18-9-5-10-20(15-18)27(28,29)30)32-24-23(25(34)37)36(16-19-7-3-2-4-8-19)26(33-24)35-14-6-11-21(31)17-35/h2-5,7-10,12-13,15,21H,6,11,14,16-17,31H2,1H3. The van der Waals surface area contributed by atoms with Crippen LogP contribution in [-0.2, 0) is 19.8 Å². The van der Waals surface area contributed by atoms with Gasteiger partial charge < -0.3 is 10.6 Å². The van der Waals surface area contributed by atoms with E-state index in [0.29, 0.717) is 35.9 Å². The van der Waals surface area contributed by atoms with Crippen LogP contribution < -0.4 is 16.2 Å². The Morgan fingerprint density at radius 3 is 2.59 bits per heavy atom.